The summed E-state index contributed by atoms with van der Waals surface area (Å²) < 4.78 is 31.7. The minimum atomic E-state index is -0.417. The van der Waals surface area contributed by atoms with Gasteiger partial charge >= 0.3 is 30.2 Å². The molecule has 7 heavy (non-hydrogen) atoms. The largest absolute Gasteiger partial charge is 1.00 e. The van der Waals surface area contributed by atoms with Crippen molar-refractivity contribution in [2.24, 2.45) is 0 Å². The van der Waals surface area contributed by atoms with Gasteiger partial charge in [-0.1, -0.05) is 0 Å². The first-order chi connectivity index (χ1) is 2.83. The fourth-order valence-corrected chi connectivity index (χ4v) is 0. The van der Waals surface area contributed by atoms with E-state index >= 15 is 0 Å². The van der Waals surface area contributed by atoms with E-state index < -0.39 is 11.3 Å². The number of rotatable bonds is 0. The molecule has 40 valence electrons. The van der Waals surface area contributed by atoms with E-state index in [0.29, 0.717) is 0 Å². The Morgan fingerprint density at radius 1 is 1.14 bits per heavy atom. The Morgan fingerprint density at radius 3 is 1.14 bits per heavy atom. The Balaban J connectivity index is -0.0000000400. The zero-order valence-electron chi connectivity index (χ0n) is 3.43. The van der Waals surface area contributed by atoms with Gasteiger partial charge in [0.2, 0.25) is 0 Å². The molecule has 7 heteroatoms. The van der Waals surface area contributed by atoms with Gasteiger partial charge in [-0.25, -0.2) is 0 Å². The van der Waals surface area contributed by atoms with Crippen LogP contribution in [0.15, 0.2) is 0 Å². The minimum Gasteiger partial charge on any atom is -0.544 e. The molecule has 0 fully saturated rings. The van der Waals surface area contributed by atoms with Crippen molar-refractivity contribution in [1.82, 2.24) is 0 Å². The molecule has 0 saturated heterocycles. The fourth-order valence-electron chi connectivity index (χ4n) is 0. The number of hydrogen-bond donors (Lipinski definition) is 1. The third-order valence-electron chi connectivity index (χ3n) is 0. The summed E-state index contributed by atoms with van der Waals surface area (Å²) in [4.78, 5) is 0. The van der Waals surface area contributed by atoms with Gasteiger partial charge in [0.1, 0.15) is 0 Å². The Morgan fingerprint density at radius 2 is 1.14 bits per heavy atom. The Bertz CT molecular complexity index is 11.7. The average Bonchev–Trinajstić information content (AvgIpc) is 1.39. The van der Waals surface area contributed by atoms with Crippen LogP contribution in [-0.4, -0.2) is 4.66 Å². The summed E-state index contributed by atoms with van der Waals surface area (Å²) in [5.74, 6) is 0. The average molecular weight is 143 g/mol. The van der Waals surface area contributed by atoms with Crippen molar-refractivity contribution in [3.05, 3.63) is 0 Å². The van der Waals surface area contributed by atoms with E-state index in [1.54, 1.807) is 0 Å². The van der Waals surface area contributed by atoms with Gasteiger partial charge in [-0.3, -0.25) is 0 Å². The molecule has 4 nitrogen and oxygen atoms in total. The normalized spacial score (nSPS) is 5.14. The van der Waals surface area contributed by atoms with Crippen LogP contribution in [-0.2, 0) is 0 Å². The molecular formula is HCl2LiO4. The van der Waals surface area contributed by atoms with E-state index in [9.17, 15) is 0 Å². The third kappa shape index (κ3) is 171. The van der Waals surface area contributed by atoms with E-state index in [2.05, 4.69) is 0 Å². The van der Waals surface area contributed by atoms with Crippen LogP contribution >= 0.6 is 0 Å². The summed E-state index contributed by atoms with van der Waals surface area (Å²) in [6.07, 6.45) is 0. The van der Waals surface area contributed by atoms with Crippen LogP contribution < -0.4 is 32.8 Å². The zero-order valence-corrected chi connectivity index (χ0v) is 4.94. The first-order valence-electron chi connectivity index (χ1n) is 0.632. The molecular weight excluding hydrogens is 142 g/mol. The van der Waals surface area contributed by atoms with Gasteiger partial charge in [0.05, 0.1) is 11.3 Å². The van der Waals surface area contributed by atoms with Crippen LogP contribution in [0.2, 0.25) is 0 Å². The van der Waals surface area contributed by atoms with E-state index in [1.165, 1.54) is 0 Å². The van der Waals surface area contributed by atoms with Crippen molar-refractivity contribution < 1.29 is 60.1 Å². The third-order valence-corrected chi connectivity index (χ3v) is 0. The molecule has 0 aliphatic carbocycles. The van der Waals surface area contributed by atoms with Crippen LogP contribution in [0.5, 0.6) is 0 Å². The van der Waals surface area contributed by atoms with Gasteiger partial charge in [0.15, 0.2) is 0 Å². The van der Waals surface area contributed by atoms with Gasteiger partial charge in [0, 0.05) is 0 Å². The maximum Gasteiger partial charge on any atom is 1.00 e. The summed E-state index contributed by atoms with van der Waals surface area (Å²) in [5.41, 5.74) is 0. The molecule has 0 atom stereocenters. The van der Waals surface area contributed by atoms with Gasteiger partial charge in [-0.2, -0.15) is 0 Å². The second-order valence-corrected chi connectivity index (χ2v) is 0.396. The summed E-state index contributed by atoms with van der Waals surface area (Å²) in [5, 5.41) is 0. The van der Waals surface area contributed by atoms with Crippen molar-refractivity contribution in [3.63, 3.8) is 0 Å². The van der Waals surface area contributed by atoms with Crippen LogP contribution in [0, 0.1) is 22.7 Å². The topological polar surface area (TPSA) is 89.4 Å². The second-order valence-electron chi connectivity index (χ2n) is 0.132. The van der Waals surface area contributed by atoms with E-state index in [0.717, 1.165) is 0 Å². The van der Waals surface area contributed by atoms with Gasteiger partial charge in [-0.15, -0.1) is 4.66 Å². The van der Waals surface area contributed by atoms with Crippen molar-refractivity contribution in [3.8, 4) is 0 Å². The van der Waals surface area contributed by atoms with E-state index in [1.807, 2.05) is 0 Å². The molecule has 0 spiro atoms. The molecule has 0 unspecified atom stereocenters. The molecule has 1 N–H and O–H groups in total. The molecule has 0 aliphatic heterocycles. The van der Waals surface area contributed by atoms with Crippen molar-refractivity contribution in [2.45, 2.75) is 0 Å². The molecule has 0 aliphatic rings. The van der Waals surface area contributed by atoms with E-state index in [4.69, 9.17) is 18.6 Å². The summed E-state index contributed by atoms with van der Waals surface area (Å²) in [6, 6.07) is 0. The number of halogens is 2. The maximum absolute atomic E-state index is 8.35. The molecule has 0 rings (SSSR count). The predicted molar refractivity (Wildman–Crippen MR) is 2.22 cm³/mol. The molecule has 0 bridgehead atoms. The van der Waals surface area contributed by atoms with Crippen LogP contribution in [0.25, 0.3) is 0 Å². The van der Waals surface area contributed by atoms with Crippen LogP contribution in [0.4, 0.5) is 0 Å². The Kier molecular flexibility index (Phi) is 62.5. The second kappa shape index (κ2) is 27.9. The first-order valence-corrected chi connectivity index (χ1v) is 1.90. The standard InChI is InChI=1S/ClHO2.ClO2.Li/c2*2-1-3;/h2H;;/q;-1;+1. The van der Waals surface area contributed by atoms with Crippen LogP contribution in [0.3, 0.4) is 0 Å². The fraction of sp³-hybridized carbons (Fsp3) is 0. The van der Waals surface area contributed by atoms with E-state index in [-0.39, 0.29) is 30.2 Å². The van der Waals surface area contributed by atoms with Crippen molar-refractivity contribution in [2.75, 3.05) is 0 Å². The molecule has 0 aromatic carbocycles. The SMILES string of the molecule is [Li+].[O-][Cl+]O.[O-][Cl+][O-]. The predicted octanol–water partition coefficient (Wildman–Crippen LogP) is -7.12. The molecule has 0 heterocycles. The summed E-state index contributed by atoms with van der Waals surface area (Å²) in [6.45, 7) is 0. The summed E-state index contributed by atoms with van der Waals surface area (Å²) in [7, 11) is 0. The monoisotopic (exact) mass is 142 g/mol. The van der Waals surface area contributed by atoms with Gasteiger partial charge in [-0.05, 0) is 0 Å². The molecule has 0 aromatic rings. The Labute approximate surface area is 60.5 Å². The quantitative estimate of drug-likeness (QED) is 0.341. The molecule has 0 saturated carbocycles. The molecule has 0 aromatic heterocycles. The number of hydrogen-bond acceptors (Lipinski definition) is 4. The minimum absolute atomic E-state index is 0. The Hall–Kier alpha value is 1.02. The molecule has 0 amide bonds. The maximum atomic E-state index is 8.35. The first kappa shape index (κ1) is 15.7. The van der Waals surface area contributed by atoms with Crippen molar-refractivity contribution in [1.29, 1.82) is 0 Å². The van der Waals surface area contributed by atoms with Gasteiger partial charge in [0.25, 0.3) is 0 Å². The zero-order chi connectivity index (χ0) is 5.41. The summed E-state index contributed by atoms with van der Waals surface area (Å²) >= 11 is -0.583. The van der Waals surface area contributed by atoms with Gasteiger partial charge < -0.3 is 14.0 Å². The van der Waals surface area contributed by atoms with Crippen molar-refractivity contribution >= 4 is 0 Å². The molecule has 0 radical (unpaired) electrons. The van der Waals surface area contributed by atoms with Crippen LogP contribution in [0.1, 0.15) is 0 Å². The smallest absolute Gasteiger partial charge is 0.544 e.